The average molecular weight is 230 g/mol. The Bertz CT molecular complexity index is 152. The van der Waals surface area contributed by atoms with Gasteiger partial charge in [-0.2, -0.15) is 0 Å². The minimum Gasteiger partial charge on any atom is -0.790 e. The Morgan fingerprint density at radius 2 is 1.10 bits per heavy atom. The molecule has 0 saturated carbocycles. The molecule has 7 nitrogen and oxygen atoms in total. The van der Waals surface area contributed by atoms with Crippen molar-refractivity contribution in [3.8, 4) is 0 Å². The van der Waals surface area contributed by atoms with E-state index in [1.165, 1.54) is 0 Å². The normalized spacial score (nSPS) is 12.4. The van der Waals surface area contributed by atoms with Crippen LogP contribution < -0.4 is 19.6 Å². The number of phosphoric acid groups is 2. The van der Waals surface area contributed by atoms with Crippen molar-refractivity contribution in [2.75, 3.05) is 0 Å². The summed E-state index contributed by atoms with van der Waals surface area (Å²) in [6, 6.07) is 0. The van der Waals surface area contributed by atoms with E-state index >= 15 is 0 Å². The summed E-state index contributed by atoms with van der Waals surface area (Å²) < 4.78 is 21.2. The maximum atomic E-state index is 9.32. The van der Waals surface area contributed by atoms with Crippen molar-refractivity contribution in [2.24, 2.45) is 0 Å². The Morgan fingerprint density at radius 3 is 1.10 bits per heavy atom. The number of hydrogen-bond donors (Lipinski definition) is 0. The molecule has 0 saturated heterocycles. The summed E-state index contributed by atoms with van der Waals surface area (Å²) in [5.74, 6) is 0. The zero-order valence-electron chi connectivity index (χ0n) is 4.11. The molecule has 0 aromatic rings. The van der Waals surface area contributed by atoms with Gasteiger partial charge in [0.1, 0.15) is 0 Å². The zero-order chi connectivity index (χ0) is 7.71. The molecule has 0 bridgehead atoms. The van der Waals surface area contributed by atoms with Crippen LogP contribution in [0.25, 0.3) is 0 Å². The summed E-state index contributed by atoms with van der Waals surface area (Å²) in [6.45, 7) is 0. The van der Waals surface area contributed by atoms with Gasteiger partial charge >= 0.3 is 17.1 Å². The Morgan fingerprint density at radius 1 is 0.900 bits per heavy atom. The van der Waals surface area contributed by atoms with E-state index in [1.807, 2.05) is 0 Å². The van der Waals surface area contributed by atoms with E-state index in [1.54, 1.807) is 0 Å². The van der Waals surface area contributed by atoms with Gasteiger partial charge in [0.2, 0.25) is 0 Å². The molecular weight excluding hydrogens is 230 g/mol. The van der Waals surface area contributed by atoms with Crippen LogP contribution in [0.15, 0.2) is 0 Å². The van der Waals surface area contributed by atoms with Crippen LogP contribution in [0.1, 0.15) is 0 Å². The molecule has 0 aliphatic heterocycles. The predicted molar refractivity (Wildman–Crippen MR) is 16.3 cm³/mol. The molecule has 10 heteroatoms. The van der Waals surface area contributed by atoms with E-state index in [0.29, 0.717) is 0 Å². The van der Waals surface area contributed by atoms with Gasteiger partial charge in [-0.05, 0) is 0 Å². The van der Waals surface area contributed by atoms with Crippen LogP contribution in [0, 0.1) is 0 Å². The maximum Gasteiger partial charge on any atom is 4.00 e. The largest absolute Gasteiger partial charge is 4.00 e. The third kappa shape index (κ3) is 11.6. The van der Waals surface area contributed by atoms with Gasteiger partial charge in [0.05, 0.1) is 15.6 Å². The first-order valence-corrected chi connectivity index (χ1v) is 4.38. The Balaban J connectivity index is 0. The van der Waals surface area contributed by atoms with E-state index in [9.17, 15) is 28.7 Å². The van der Waals surface area contributed by atoms with Crippen LogP contribution in [0.3, 0.4) is 0 Å². The Kier molecular flexibility index (Phi) is 5.31. The predicted octanol–water partition coefficient (Wildman–Crippen LogP) is -3.34. The first-order chi connectivity index (χ1) is 3.71. The third-order valence-electron chi connectivity index (χ3n) is 0.200. The number of hydrogen-bond acceptors (Lipinski definition) is 7. The van der Waals surface area contributed by atoms with Gasteiger partial charge in [0, 0.05) is 0 Å². The zero-order valence-corrected chi connectivity index (χ0v) is 7.00. The van der Waals surface area contributed by atoms with Crippen LogP contribution in [0.4, 0.5) is 0 Å². The summed E-state index contributed by atoms with van der Waals surface area (Å²) in [5, 5.41) is 0. The van der Waals surface area contributed by atoms with Crippen LogP contribution >= 0.6 is 15.6 Å². The third-order valence-corrected chi connectivity index (χ3v) is 1.80. The second kappa shape index (κ2) is 3.97. The average Bonchev–Trinajstić information content (AvgIpc) is 1.14. The molecule has 0 aliphatic rings. The molecule has 0 rings (SSSR count). The quantitative estimate of drug-likeness (QED) is 0.357. The van der Waals surface area contributed by atoms with E-state index in [-0.39, 0.29) is 17.1 Å². The van der Waals surface area contributed by atoms with Crippen molar-refractivity contribution in [2.45, 2.75) is 0 Å². The van der Waals surface area contributed by atoms with Crippen LogP contribution in [0.5, 0.6) is 0 Å². The first-order valence-electron chi connectivity index (χ1n) is 1.46. The van der Waals surface area contributed by atoms with E-state index < -0.39 is 15.6 Å². The molecule has 0 aliphatic carbocycles. The summed E-state index contributed by atoms with van der Waals surface area (Å²) in [4.78, 5) is 37.3. The molecular formula is FeO7P2. The van der Waals surface area contributed by atoms with E-state index in [0.717, 1.165) is 0 Å². The molecule has 0 aromatic heterocycles. The van der Waals surface area contributed by atoms with Gasteiger partial charge in [0.15, 0.2) is 0 Å². The van der Waals surface area contributed by atoms with Crippen molar-refractivity contribution in [1.29, 1.82) is 0 Å². The molecule has 10 heavy (non-hydrogen) atoms. The van der Waals surface area contributed by atoms with Crippen LogP contribution in [-0.4, -0.2) is 0 Å². The van der Waals surface area contributed by atoms with Crippen molar-refractivity contribution in [1.82, 2.24) is 0 Å². The van der Waals surface area contributed by atoms with E-state index in [2.05, 4.69) is 4.31 Å². The monoisotopic (exact) mass is 230 g/mol. The molecule has 60 valence electrons. The van der Waals surface area contributed by atoms with Gasteiger partial charge in [-0.3, -0.25) is 0 Å². The second-order valence-corrected chi connectivity index (χ2v) is 3.42. The SMILES string of the molecule is O=P([O-])([O-])OP(=O)([O-])[O-].[Fe+4]. The van der Waals surface area contributed by atoms with Crippen molar-refractivity contribution in [3.05, 3.63) is 0 Å². The fourth-order valence-electron chi connectivity index (χ4n) is 0.122. The second-order valence-electron chi connectivity index (χ2n) is 0.976. The smallest absolute Gasteiger partial charge is 0.790 e. The van der Waals surface area contributed by atoms with Crippen LogP contribution in [0.2, 0.25) is 0 Å². The van der Waals surface area contributed by atoms with Gasteiger partial charge < -0.3 is 33.0 Å². The molecule has 0 N–H and O–H groups in total. The van der Waals surface area contributed by atoms with Gasteiger partial charge in [-0.15, -0.1) is 0 Å². The molecule has 0 spiro atoms. The molecule has 0 amide bonds. The Hall–Kier alpha value is 0.779. The van der Waals surface area contributed by atoms with Crippen molar-refractivity contribution < 1.29 is 50.1 Å². The van der Waals surface area contributed by atoms with Crippen molar-refractivity contribution in [3.63, 3.8) is 0 Å². The fourth-order valence-corrected chi connectivity index (χ4v) is 1.10. The first kappa shape index (κ1) is 13.4. The molecule has 0 radical (unpaired) electrons. The standard InChI is InChI=1S/Fe.H4O7P2/c;1-8(2,3)7-9(4,5)6/h;(H2,1,2,3)(H2,4,5,6)/q+4;/p-4. The summed E-state index contributed by atoms with van der Waals surface area (Å²) in [6.07, 6.45) is 0. The summed E-state index contributed by atoms with van der Waals surface area (Å²) >= 11 is 0. The van der Waals surface area contributed by atoms with Gasteiger partial charge in [0.25, 0.3) is 0 Å². The molecule has 0 aromatic carbocycles. The number of rotatable bonds is 2. The maximum absolute atomic E-state index is 9.32. The fraction of sp³-hybridized carbons (Fsp3) is 0. The molecule has 0 heterocycles. The van der Waals surface area contributed by atoms with Gasteiger partial charge in [-0.25, -0.2) is 0 Å². The summed E-state index contributed by atoms with van der Waals surface area (Å²) in [7, 11) is -11.4. The minimum atomic E-state index is -5.68. The van der Waals surface area contributed by atoms with Gasteiger partial charge in [-0.1, -0.05) is 0 Å². The molecule has 0 fully saturated rings. The van der Waals surface area contributed by atoms with Crippen molar-refractivity contribution >= 4 is 15.6 Å². The minimum absolute atomic E-state index is 0. The topological polar surface area (TPSA) is 136 Å². The molecule has 0 unspecified atom stereocenters. The summed E-state index contributed by atoms with van der Waals surface area (Å²) in [5.41, 5.74) is 0. The Labute approximate surface area is 66.4 Å². The molecule has 0 atom stereocenters. The van der Waals surface area contributed by atoms with E-state index in [4.69, 9.17) is 0 Å². The van der Waals surface area contributed by atoms with Crippen LogP contribution in [-0.2, 0) is 30.5 Å².